The van der Waals surface area contributed by atoms with Crippen molar-refractivity contribution in [3.63, 3.8) is 0 Å². The maximum atomic E-state index is 13.2. The first-order chi connectivity index (χ1) is 19.6. The van der Waals surface area contributed by atoms with Crippen molar-refractivity contribution in [2.75, 3.05) is 31.5 Å². The Morgan fingerprint density at radius 3 is 2.63 bits per heavy atom. The number of amides is 2. The fraction of sp³-hybridized carbons (Fsp3) is 0.517. The van der Waals surface area contributed by atoms with E-state index in [2.05, 4.69) is 20.2 Å². The van der Waals surface area contributed by atoms with Gasteiger partial charge in [0, 0.05) is 36.2 Å². The number of pyridine rings is 1. The predicted molar refractivity (Wildman–Crippen MR) is 144 cm³/mol. The third kappa shape index (κ3) is 4.71. The molecule has 41 heavy (non-hydrogen) atoms. The van der Waals surface area contributed by atoms with Crippen molar-refractivity contribution in [3.8, 4) is 17.1 Å². The van der Waals surface area contributed by atoms with Crippen LogP contribution in [0.15, 0.2) is 30.6 Å². The summed E-state index contributed by atoms with van der Waals surface area (Å²) in [5.74, 6) is 0.353. The largest absolute Gasteiger partial charge is 0.473 e. The van der Waals surface area contributed by atoms with Crippen molar-refractivity contribution < 1.29 is 27.5 Å². The number of hydrogen-bond acceptors (Lipinski definition) is 6. The van der Waals surface area contributed by atoms with Gasteiger partial charge < -0.3 is 19.9 Å². The number of ether oxygens (including phenoxy) is 1. The number of likely N-dealkylation sites (tertiary alicyclic amines) is 1. The lowest BCUT2D eigenvalue weighted by Gasteiger charge is -2.38. The molecule has 2 amide bonds. The van der Waals surface area contributed by atoms with Crippen LogP contribution in [0.5, 0.6) is 5.88 Å². The zero-order chi connectivity index (χ0) is 28.5. The molecule has 2 unspecified atom stereocenters. The number of piperidine rings is 1. The number of nitrogens with one attached hydrogen (secondary N) is 2. The number of halogens is 3. The van der Waals surface area contributed by atoms with E-state index in [9.17, 15) is 22.8 Å². The number of rotatable bonds is 6. The van der Waals surface area contributed by atoms with E-state index in [1.54, 1.807) is 0 Å². The molecule has 7 rings (SSSR count). The average molecular weight is 569 g/mol. The van der Waals surface area contributed by atoms with Crippen molar-refractivity contribution in [2.45, 2.75) is 62.8 Å². The van der Waals surface area contributed by atoms with Gasteiger partial charge in [0.25, 0.3) is 0 Å². The predicted octanol–water partition coefficient (Wildman–Crippen LogP) is 4.18. The summed E-state index contributed by atoms with van der Waals surface area (Å²) in [5, 5.41) is 5.85. The average Bonchev–Trinajstić information content (AvgIpc) is 3.42. The number of imidazole rings is 1. The molecule has 2 saturated heterocycles. The normalized spacial score (nSPS) is 23.1. The smallest absolute Gasteiger partial charge is 0.401 e. The number of benzene rings is 1. The summed E-state index contributed by atoms with van der Waals surface area (Å²) in [6.45, 7) is 1.96. The number of carbonyl (C=O) groups is 2. The van der Waals surface area contributed by atoms with E-state index in [4.69, 9.17) is 9.72 Å². The summed E-state index contributed by atoms with van der Waals surface area (Å²) in [6.07, 6.45) is 0.536. The van der Waals surface area contributed by atoms with Crippen molar-refractivity contribution in [1.82, 2.24) is 24.8 Å². The van der Waals surface area contributed by atoms with Gasteiger partial charge >= 0.3 is 6.18 Å². The van der Waals surface area contributed by atoms with Crippen molar-refractivity contribution >= 4 is 28.5 Å². The molecule has 216 valence electrons. The molecule has 1 saturated carbocycles. The second-order valence-corrected chi connectivity index (χ2v) is 11.8. The number of hydrogen-bond donors (Lipinski definition) is 2. The molecule has 2 aromatic heterocycles. The molecule has 1 aliphatic carbocycles. The molecule has 2 atom stereocenters. The van der Waals surface area contributed by atoms with Gasteiger partial charge in [-0.05, 0) is 63.4 Å². The van der Waals surface area contributed by atoms with E-state index in [0.29, 0.717) is 49.1 Å². The van der Waals surface area contributed by atoms with E-state index in [1.165, 1.54) is 4.90 Å². The Morgan fingerprint density at radius 1 is 1.17 bits per heavy atom. The fourth-order valence-corrected chi connectivity index (χ4v) is 6.55. The van der Waals surface area contributed by atoms with Crippen molar-refractivity contribution in [2.24, 2.45) is 5.92 Å². The Morgan fingerprint density at radius 2 is 1.95 bits per heavy atom. The molecule has 0 radical (unpaired) electrons. The highest BCUT2D eigenvalue weighted by atomic mass is 19.4. The standard InChI is InChI=1S/C29H31F3N6O3/c1-16(18-11-24(39)33-13-18)41-26-25-23(34-15-38(25)19-3-4-19)12-21(35-26)17-2-5-20-22(10-17)36-27(40)28(20)6-8-37(9-7-28)14-29(30,31)32/h2,5,10,12,15-16,18-19H,3-4,6-9,11,13-14H2,1H3,(H,33,39)(H,36,40). The molecule has 9 nitrogen and oxygen atoms in total. The molecule has 12 heteroatoms. The lowest BCUT2D eigenvalue weighted by Crippen LogP contribution is -2.48. The first kappa shape index (κ1) is 26.2. The molecule has 3 aromatic rings. The van der Waals surface area contributed by atoms with Gasteiger partial charge in [-0.25, -0.2) is 9.97 Å². The molecule has 4 aliphatic rings. The molecule has 2 N–H and O–H groups in total. The highest BCUT2D eigenvalue weighted by molar-refractivity contribution is 6.07. The number of anilines is 1. The first-order valence-corrected chi connectivity index (χ1v) is 14.2. The molecular formula is C29H31F3N6O3. The zero-order valence-electron chi connectivity index (χ0n) is 22.6. The van der Waals surface area contributed by atoms with Crippen LogP contribution < -0.4 is 15.4 Å². The molecular weight excluding hydrogens is 537 g/mol. The Hall–Kier alpha value is -3.67. The lowest BCUT2D eigenvalue weighted by molar-refractivity contribution is -0.150. The van der Waals surface area contributed by atoms with Crippen LogP contribution in [0.25, 0.3) is 22.3 Å². The molecule has 5 heterocycles. The van der Waals surface area contributed by atoms with Crippen LogP contribution in [-0.4, -0.2) is 69.7 Å². The van der Waals surface area contributed by atoms with Crippen LogP contribution in [0.4, 0.5) is 18.9 Å². The summed E-state index contributed by atoms with van der Waals surface area (Å²) in [5.41, 5.74) is 3.65. The summed E-state index contributed by atoms with van der Waals surface area (Å²) in [4.78, 5) is 35.9. The van der Waals surface area contributed by atoms with Gasteiger partial charge in [0.05, 0.1) is 29.5 Å². The Kier molecular flexibility index (Phi) is 6.04. The van der Waals surface area contributed by atoms with Gasteiger partial charge in [0.15, 0.2) is 0 Å². The first-order valence-electron chi connectivity index (χ1n) is 14.2. The molecule has 0 bridgehead atoms. The van der Waals surface area contributed by atoms with Gasteiger partial charge in [0.1, 0.15) is 11.6 Å². The van der Waals surface area contributed by atoms with E-state index in [-0.39, 0.29) is 36.9 Å². The number of aromatic nitrogens is 3. The highest BCUT2D eigenvalue weighted by Gasteiger charge is 2.49. The SMILES string of the molecule is CC(Oc1nc(-c2ccc3c(c2)NC(=O)C32CCN(CC(F)(F)F)CC2)cc2ncn(C3CC3)c12)C1CNC(=O)C1. The second-order valence-electron chi connectivity index (χ2n) is 11.8. The van der Waals surface area contributed by atoms with E-state index in [1.807, 2.05) is 37.5 Å². The fourth-order valence-electron chi connectivity index (χ4n) is 6.55. The Labute approximate surface area is 234 Å². The minimum Gasteiger partial charge on any atom is -0.473 e. The Balaban J connectivity index is 1.20. The number of fused-ring (bicyclic) bond motifs is 3. The minimum atomic E-state index is -4.26. The van der Waals surface area contributed by atoms with Gasteiger partial charge in [-0.1, -0.05) is 12.1 Å². The van der Waals surface area contributed by atoms with Crippen LogP contribution in [0, 0.1) is 5.92 Å². The molecule has 3 fully saturated rings. The summed E-state index contributed by atoms with van der Waals surface area (Å²) in [6, 6.07) is 7.96. The summed E-state index contributed by atoms with van der Waals surface area (Å²) >= 11 is 0. The number of carbonyl (C=O) groups excluding carboxylic acids is 2. The maximum Gasteiger partial charge on any atom is 0.401 e. The van der Waals surface area contributed by atoms with Crippen LogP contribution in [-0.2, 0) is 15.0 Å². The van der Waals surface area contributed by atoms with Crippen LogP contribution >= 0.6 is 0 Å². The van der Waals surface area contributed by atoms with Crippen LogP contribution in [0.1, 0.15) is 50.6 Å². The second kappa shape index (κ2) is 9.43. The molecule has 1 spiro atoms. The summed E-state index contributed by atoms with van der Waals surface area (Å²) < 4.78 is 47.3. The maximum absolute atomic E-state index is 13.2. The monoisotopic (exact) mass is 568 g/mol. The third-order valence-corrected chi connectivity index (χ3v) is 9.06. The lowest BCUT2D eigenvalue weighted by atomic mass is 9.73. The quantitative estimate of drug-likeness (QED) is 0.463. The van der Waals surface area contributed by atoms with E-state index >= 15 is 0 Å². The van der Waals surface area contributed by atoms with Crippen LogP contribution in [0.3, 0.4) is 0 Å². The number of nitrogens with zero attached hydrogens (tertiary/aromatic N) is 4. The van der Waals surface area contributed by atoms with Crippen LogP contribution in [0.2, 0.25) is 0 Å². The summed E-state index contributed by atoms with van der Waals surface area (Å²) in [7, 11) is 0. The van der Waals surface area contributed by atoms with Crippen molar-refractivity contribution in [1.29, 1.82) is 0 Å². The van der Waals surface area contributed by atoms with Crippen molar-refractivity contribution in [3.05, 3.63) is 36.2 Å². The highest BCUT2D eigenvalue weighted by Crippen LogP contribution is 2.47. The van der Waals surface area contributed by atoms with E-state index < -0.39 is 18.1 Å². The van der Waals surface area contributed by atoms with Gasteiger partial charge in [-0.3, -0.25) is 14.5 Å². The van der Waals surface area contributed by atoms with E-state index in [0.717, 1.165) is 35.0 Å². The molecule has 3 aliphatic heterocycles. The topological polar surface area (TPSA) is 101 Å². The molecule has 1 aromatic carbocycles. The zero-order valence-corrected chi connectivity index (χ0v) is 22.6. The van der Waals surface area contributed by atoms with Gasteiger partial charge in [-0.2, -0.15) is 13.2 Å². The number of alkyl halides is 3. The van der Waals surface area contributed by atoms with Gasteiger partial charge in [0.2, 0.25) is 17.7 Å². The minimum absolute atomic E-state index is 0.0179. The third-order valence-electron chi connectivity index (χ3n) is 9.06. The van der Waals surface area contributed by atoms with Gasteiger partial charge in [-0.15, -0.1) is 0 Å². The Bertz CT molecular complexity index is 1540.